The molecule has 1 aromatic rings. The van der Waals surface area contributed by atoms with Crippen molar-refractivity contribution in [3.8, 4) is 0 Å². The number of nitrogens with zero attached hydrogens (tertiary/aromatic N) is 3. The second kappa shape index (κ2) is 2.54. The highest BCUT2D eigenvalue weighted by molar-refractivity contribution is 5.05. The van der Waals surface area contributed by atoms with Crippen molar-refractivity contribution in [1.29, 1.82) is 0 Å². The monoisotopic (exact) mass is 166 g/mol. The number of hydrogen-bond donors (Lipinski definition) is 1. The third kappa shape index (κ3) is 1.02. The van der Waals surface area contributed by atoms with Crippen LogP contribution < -0.4 is 0 Å². The van der Waals surface area contributed by atoms with Gasteiger partial charge in [-0.15, -0.1) is 10.2 Å². The lowest BCUT2D eigenvalue weighted by atomic mass is 9.67. The Bertz CT molecular complexity index is 248. The number of aromatic nitrogens is 4. The predicted molar refractivity (Wildman–Crippen MR) is 44.5 cm³/mol. The Kier molecular flexibility index (Phi) is 1.63. The maximum atomic E-state index is 4.04. The Morgan fingerprint density at radius 2 is 2.17 bits per heavy atom. The zero-order valence-corrected chi connectivity index (χ0v) is 7.54. The standard InChI is InChI=1S/C8H14N4/c1-8(2,6-4-3-5-6)7-9-11-12-10-7/h6H,3-5H2,1-2H3,(H,9,10,11,12). The Morgan fingerprint density at radius 3 is 2.58 bits per heavy atom. The third-order valence-electron chi connectivity index (χ3n) is 3.05. The van der Waals surface area contributed by atoms with E-state index in [1.807, 2.05) is 0 Å². The Morgan fingerprint density at radius 1 is 1.42 bits per heavy atom. The first-order chi connectivity index (χ1) is 5.71. The fraction of sp³-hybridized carbons (Fsp3) is 0.875. The second-order valence-electron chi connectivity index (χ2n) is 4.08. The zero-order valence-electron chi connectivity index (χ0n) is 7.54. The van der Waals surface area contributed by atoms with Gasteiger partial charge in [-0.05, 0) is 18.8 Å². The minimum Gasteiger partial charge on any atom is -0.177 e. The molecular weight excluding hydrogens is 152 g/mol. The van der Waals surface area contributed by atoms with E-state index in [2.05, 4.69) is 34.5 Å². The van der Waals surface area contributed by atoms with Crippen molar-refractivity contribution in [3.05, 3.63) is 5.82 Å². The number of tetrazole rings is 1. The first-order valence-electron chi connectivity index (χ1n) is 4.45. The molecule has 0 bridgehead atoms. The quantitative estimate of drug-likeness (QED) is 0.720. The summed E-state index contributed by atoms with van der Waals surface area (Å²) in [4.78, 5) is 0. The van der Waals surface area contributed by atoms with Gasteiger partial charge in [-0.2, -0.15) is 5.21 Å². The molecule has 1 N–H and O–H groups in total. The molecule has 1 aliphatic carbocycles. The van der Waals surface area contributed by atoms with Gasteiger partial charge < -0.3 is 0 Å². The van der Waals surface area contributed by atoms with Gasteiger partial charge in [0.2, 0.25) is 0 Å². The van der Waals surface area contributed by atoms with Crippen LogP contribution in [0.25, 0.3) is 0 Å². The SMILES string of the molecule is CC(C)(c1nn[nH]n1)C1CCC1. The van der Waals surface area contributed by atoms with Gasteiger partial charge >= 0.3 is 0 Å². The lowest BCUT2D eigenvalue weighted by molar-refractivity contribution is 0.185. The molecule has 0 saturated heterocycles. The van der Waals surface area contributed by atoms with Crippen LogP contribution in [0.2, 0.25) is 0 Å². The average molecular weight is 166 g/mol. The summed E-state index contributed by atoms with van der Waals surface area (Å²) in [6, 6.07) is 0. The van der Waals surface area contributed by atoms with Crippen LogP contribution in [-0.2, 0) is 5.41 Å². The lowest BCUT2D eigenvalue weighted by Crippen LogP contribution is -2.34. The van der Waals surface area contributed by atoms with Gasteiger partial charge in [0.15, 0.2) is 5.82 Å². The topological polar surface area (TPSA) is 54.5 Å². The Labute approximate surface area is 71.8 Å². The van der Waals surface area contributed by atoms with Crippen molar-refractivity contribution in [2.75, 3.05) is 0 Å². The normalized spacial score (nSPS) is 19.2. The summed E-state index contributed by atoms with van der Waals surface area (Å²) >= 11 is 0. The number of rotatable bonds is 2. The first kappa shape index (κ1) is 7.71. The summed E-state index contributed by atoms with van der Waals surface area (Å²) in [6.45, 7) is 4.39. The highest BCUT2D eigenvalue weighted by Gasteiger charge is 2.38. The number of hydrogen-bond acceptors (Lipinski definition) is 3. The summed E-state index contributed by atoms with van der Waals surface area (Å²) in [5.74, 6) is 1.60. The van der Waals surface area contributed by atoms with Crippen molar-refractivity contribution < 1.29 is 0 Å². The molecule has 0 radical (unpaired) electrons. The van der Waals surface area contributed by atoms with Crippen molar-refractivity contribution >= 4 is 0 Å². The minimum atomic E-state index is 0.102. The van der Waals surface area contributed by atoms with Gasteiger partial charge in [-0.25, -0.2) is 0 Å². The van der Waals surface area contributed by atoms with Gasteiger partial charge in [-0.3, -0.25) is 0 Å². The molecule has 0 atom stereocenters. The maximum absolute atomic E-state index is 4.04. The summed E-state index contributed by atoms with van der Waals surface area (Å²) in [6.07, 6.45) is 3.97. The molecule has 1 saturated carbocycles. The number of nitrogens with one attached hydrogen (secondary N) is 1. The molecule has 2 rings (SSSR count). The number of H-pyrrole nitrogens is 1. The zero-order chi connectivity index (χ0) is 8.60. The van der Waals surface area contributed by atoms with E-state index >= 15 is 0 Å². The first-order valence-corrected chi connectivity index (χ1v) is 4.45. The lowest BCUT2D eigenvalue weighted by Gasteiger charge is -2.37. The van der Waals surface area contributed by atoms with Crippen LogP contribution in [0.5, 0.6) is 0 Å². The fourth-order valence-electron chi connectivity index (χ4n) is 1.75. The molecule has 0 unspecified atom stereocenters. The van der Waals surface area contributed by atoms with E-state index in [9.17, 15) is 0 Å². The van der Waals surface area contributed by atoms with Crippen LogP contribution >= 0.6 is 0 Å². The van der Waals surface area contributed by atoms with E-state index < -0.39 is 0 Å². The van der Waals surface area contributed by atoms with Gasteiger partial charge in [0.25, 0.3) is 0 Å². The Balaban J connectivity index is 2.19. The molecule has 0 spiro atoms. The van der Waals surface area contributed by atoms with Crippen LogP contribution in [0, 0.1) is 5.92 Å². The Hall–Kier alpha value is -0.930. The van der Waals surface area contributed by atoms with Crippen molar-refractivity contribution in [1.82, 2.24) is 20.6 Å². The van der Waals surface area contributed by atoms with Gasteiger partial charge in [0, 0.05) is 5.41 Å². The minimum absolute atomic E-state index is 0.102. The number of aromatic amines is 1. The van der Waals surface area contributed by atoms with Gasteiger partial charge in [0.05, 0.1) is 0 Å². The summed E-state index contributed by atoms with van der Waals surface area (Å²) in [7, 11) is 0. The second-order valence-corrected chi connectivity index (χ2v) is 4.08. The van der Waals surface area contributed by atoms with E-state index in [0.29, 0.717) is 0 Å². The molecule has 0 amide bonds. The molecule has 66 valence electrons. The van der Waals surface area contributed by atoms with E-state index in [1.54, 1.807) is 0 Å². The molecular formula is C8H14N4. The molecule has 12 heavy (non-hydrogen) atoms. The summed E-state index contributed by atoms with van der Waals surface area (Å²) in [5.41, 5.74) is 0.102. The van der Waals surface area contributed by atoms with E-state index in [-0.39, 0.29) is 5.41 Å². The molecule has 1 fully saturated rings. The van der Waals surface area contributed by atoms with Crippen molar-refractivity contribution in [3.63, 3.8) is 0 Å². The third-order valence-corrected chi connectivity index (χ3v) is 3.05. The summed E-state index contributed by atoms with van der Waals surface area (Å²) < 4.78 is 0. The average Bonchev–Trinajstić information content (AvgIpc) is 2.30. The van der Waals surface area contributed by atoms with E-state index in [1.165, 1.54) is 19.3 Å². The molecule has 1 aromatic heterocycles. The summed E-state index contributed by atoms with van der Waals surface area (Å²) in [5, 5.41) is 14.2. The van der Waals surface area contributed by atoms with E-state index in [4.69, 9.17) is 0 Å². The fourth-order valence-corrected chi connectivity index (χ4v) is 1.75. The molecule has 4 nitrogen and oxygen atoms in total. The van der Waals surface area contributed by atoms with Crippen LogP contribution in [-0.4, -0.2) is 20.6 Å². The molecule has 0 aromatic carbocycles. The largest absolute Gasteiger partial charge is 0.180 e. The van der Waals surface area contributed by atoms with Crippen molar-refractivity contribution in [2.24, 2.45) is 5.92 Å². The van der Waals surface area contributed by atoms with E-state index in [0.717, 1.165) is 11.7 Å². The smallest absolute Gasteiger partial charge is 0.177 e. The highest BCUT2D eigenvalue weighted by atomic mass is 15.5. The molecule has 1 aliphatic rings. The molecule has 1 heterocycles. The maximum Gasteiger partial charge on any atom is 0.180 e. The van der Waals surface area contributed by atoms with Gasteiger partial charge in [0.1, 0.15) is 0 Å². The highest BCUT2D eigenvalue weighted by Crippen LogP contribution is 2.41. The van der Waals surface area contributed by atoms with Crippen LogP contribution in [0.15, 0.2) is 0 Å². The van der Waals surface area contributed by atoms with Gasteiger partial charge in [-0.1, -0.05) is 25.5 Å². The van der Waals surface area contributed by atoms with Crippen LogP contribution in [0.3, 0.4) is 0 Å². The van der Waals surface area contributed by atoms with Crippen LogP contribution in [0.1, 0.15) is 38.9 Å². The molecule has 0 aliphatic heterocycles. The van der Waals surface area contributed by atoms with Crippen LogP contribution in [0.4, 0.5) is 0 Å². The predicted octanol–water partition coefficient (Wildman–Crippen LogP) is 1.28. The van der Waals surface area contributed by atoms with Crippen molar-refractivity contribution in [2.45, 2.75) is 38.5 Å². The molecule has 4 heteroatoms.